The summed E-state index contributed by atoms with van der Waals surface area (Å²) in [6, 6.07) is 4.73. The molecule has 180 valence electrons. The van der Waals surface area contributed by atoms with Gasteiger partial charge in [-0.1, -0.05) is 12.1 Å². The van der Waals surface area contributed by atoms with Gasteiger partial charge in [0.05, 0.1) is 22.2 Å². The van der Waals surface area contributed by atoms with Gasteiger partial charge in [0.2, 0.25) is 0 Å². The van der Waals surface area contributed by atoms with Crippen molar-refractivity contribution in [3.05, 3.63) is 58.0 Å². The van der Waals surface area contributed by atoms with E-state index in [4.69, 9.17) is 0 Å². The lowest BCUT2D eigenvalue weighted by atomic mass is 10.1. The van der Waals surface area contributed by atoms with Crippen LogP contribution in [0.3, 0.4) is 0 Å². The predicted octanol–water partition coefficient (Wildman–Crippen LogP) is 4.10. The number of hydrogen-bond acceptors (Lipinski definition) is 6. The van der Waals surface area contributed by atoms with E-state index in [1.54, 1.807) is 13.8 Å². The fourth-order valence-electron chi connectivity index (χ4n) is 4.29. The van der Waals surface area contributed by atoms with E-state index < -0.39 is 44.5 Å². The number of anilines is 1. The van der Waals surface area contributed by atoms with Gasteiger partial charge in [-0.15, -0.1) is 0 Å². The van der Waals surface area contributed by atoms with Gasteiger partial charge in [0.15, 0.2) is 9.84 Å². The topological polar surface area (TPSA) is 94.0 Å². The van der Waals surface area contributed by atoms with Crippen molar-refractivity contribution in [3.63, 3.8) is 0 Å². The molecule has 2 aliphatic rings. The molecule has 0 saturated heterocycles. The average Bonchev–Trinajstić information content (AvgIpc) is 3.66. The van der Waals surface area contributed by atoms with Crippen molar-refractivity contribution < 1.29 is 21.6 Å². The number of aryl methyl sites for hydroxylation is 1. The Morgan fingerprint density at radius 1 is 1.21 bits per heavy atom. The van der Waals surface area contributed by atoms with Crippen LogP contribution in [0.15, 0.2) is 40.2 Å². The molecule has 0 aliphatic heterocycles. The fraction of sp³-hybridized carbons (Fsp3) is 0.435. The lowest BCUT2D eigenvalue weighted by molar-refractivity contribution is 0.0654. The highest BCUT2D eigenvalue weighted by Gasteiger charge is 2.53. The number of hydrogen-bond donors (Lipinski definition) is 1. The summed E-state index contributed by atoms with van der Waals surface area (Å²) in [4.78, 5) is 20.9. The van der Waals surface area contributed by atoms with E-state index in [0.717, 1.165) is 4.57 Å². The largest absolute Gasteiger partial charge is 0.363 e. The van der Waals surface area contributed by atoms with Crippen LogP contribution >= 0.6 is 0 Å². The Morgan fingerprint density at radius 2 is 1.91 bits per heavy atom. The summed E-state index contributed by atoms with van der Waals surface area (Å²) in [6.07, 6.45) is 0.0527. The van der Waals surface area contributed by atoms with Gasteiger partial charge >= 0.3 is 0 Å². The lowest BCUT2D eigenvalue weighted by Gasteiger charge is -2.21. The molecule has 7 nitrogen and oxygen atoms in total. The van der Waals surface area contributed by atoms with Gasteiger partial charge in [-0.05, 0) is 45.6 Å². The Bertz CT molecular complexity index is 1460. The van der Waals surface area contributed by atoms with Gasteiger partial charge in [0.1, 0.15) is 27.9 Å². The zero-order valence-electron chi connectivity index (χ0n) is 18.6. The smallest absolute Gasteiger partial charge is 0.261 e. The van der Waals surface area contributed by atoms with E-state index in [1.807, 2.05) is 0 Å². The fourth-order valence-corrected chi connectivity index (χ4v) is 6.04. The molecule has 2 aromatic heterocycles. The molecule has 0 radical (unpaired) electrons. The molecule has 1 atom stereocenters. The summed E-state index contributed by atoms with van der Waals surface area (Å²) in [5, 5.41) is 2.86. The first kappa shape index (κ1) is 22.8. The van der Waals surface area contributed by atoms with Gasteiger partial charge in [-0.25, -0.2) is 31.6 Å². The second kappa shape index (κ2) is 7.79. The Hall–Kier alpha value is -2.95. The number of sulfone groups is 1. The molecule has 5 rings (SSSR count). The predicted molar refractivity (Wildman–Crippen MR) is 120 cm³/mol. The number of nitrogens with one attached hydrogen (secondary N) is 1. The molecule has 2 aliphatic carbocycles. The summed E-state index contributed by atoms with van der Waals surface area (Å²) in [5.74, 6) is -0.250. The second-order valence-corrected chi connectivity index (χ2v) is 11.3. The van der Waals surface area contributed by atoms with Crippen molar-refractivity contribution in [1.82, 2.24) is 14.5 Å². The molecule has 0 spiro atoms. The van der Waals surface area contributed by atoms with Crippen LogP contribution < -0.4 is 10.9 Å². The van der Waals surface area contributed by atoms with Gasteiger partial charge in [-0.3, -0.25) is 4.79 Å². The van der Waals surface area contributed by atoms with Gasteiger partial charge in [-0.2, -0.15) is 0 Å². The van der Waals surface area contributed by atoms with Gasteiger partial charge in [0.25, 0.3) is 12.0 Å². The Balaban J connectivity index is 1.56. The van der Waals surface area contributed by atoms with Crippen LogP contribution in [0.5, 0.6) is 0 Å². The van der Waals surface area contributed by atoms with E-state index in [2.05, 4.69) is 15.3 Å². The molecule has 0 bridgehead atoms. The quantitative estimate of drug-likeness (QED) is 0.534. The van der Waals surface area contributed by atoms with Crippen molar-refractivity contribution in [3.8, 4) is 0 Å². The number of fused-ring (bicyclic) bond motifs is 1. The zero-order valence-corrected chi connectivity index (χ0v) is 19.4. The first-order chi connectivity index (χ1) is 16.0. The van der Waals surface area contributed by atoms with Crippen molar-refractivity contribution in [2.24, 2.45) is 0 Å². The monoisotopic (exact) mass is 492 g/mol. The maximum Gasteiger partial charge on any atom is 0.261 e. The highest BCUT2D eigenvalue weighted by Crippen LogP contribution is 2.48. The SMILES string of the molecule is Cc1nc(NC(C)c2cccc(S(=O)(=O)C3CC3)c2F)c2cn(C3(C(F)F)CC3)c(=O)cc2n1. The maximum absolute atomic E-state index is 15.3. The molecule has 2 saturated carbocycles. The molecule has 1 aromatic carbocycles. The summed E-state index contributed by atoms with van der Waals surface area (Å²) in [7, 11) is -3.73. The van der Waals surface area contributed by atoms with E-state index >= 15 is 4.39 Å². The number of aromatic nitrogens is 3. The number of pyridine rings is 1. The highest BCUT2D eigenvalue weighted by molar-refractivity contribution is 7.92. The Morgan fingerprint density at radius 3 is 2.53 bits per heavy atom. The van der Waals surface area contributed by atoms with Crippen LogP contribution in [0.2, 0.25) is 0 Å². The minimum absolute atomic E-state index is 0.130. The van der Waals surface area contributed by atoms with E-state index in [0.29, 0.717) is 24.1 Å². The molecule has 34 heavy (non-hydrogen) atoms. The van der Waals surface area contributed by atoms with Crippen molar-refractivity contribution in [2.75, 3.05) is 5.32 Å². The Labute approximate surface area is 194 Å². The summed E-state index contributed by atoms with van der Waals surface area (Å²) >= 11 is 0. The average molecular weight is 493 g/mol. The molecule has 2 fully saturated rings. The second-order valence-electron chi connectivity index (χ2n) is 9.07. The third-order valence-electron chi connectivity index (χ3n) is 6.57. The number of nitrogens with zero attached hydrogens (tertiary/aromatic N) is 3. The standard InChI is InChI=1S/C23H23F3N4O3S/c1-12(15-4-3-5-18(20(15)24)34(32,33)14-6-7-14)27-21-16-11-30(23(8-9-23)22(25)26)19(31)10-17(16)28-13(2)29-21/h3-5,10-12,14,22H,6-9H2,1-2H3,(H,27,28,29). The third-order valence-corrected chi connectivity index (χ3v) is 8.85. The van der Waals surface area contributed by atoms with E-state index in [1.165, 1.54) is 30.5 Å². The molecule has 3 aromatic rings. The normalized spacial score (nSPS) is 18.3. The van der Waals surface area contributed by atoms with Crippen molar-refractivity contribution in [1.29, 1.82) is 0 Å². The minimum Gasteiger partial charge on any atom is -0.363 e. The molecular weight excluding hydrogens is 469 g/mol. The maximum atomic E-state index is 15.3. The molecule has 1 unspecified atom stereocenters. The lowest BCUT2D eigenvalue weighted by Crippen LogP contribution is -2.35. The van der Waals surface area contributed by atoms with Gasteiger partial charge < -0.3 is 9.88 Å². The highest BCUT2D eigenvalue weighted by atomic mass is 32.2. The van der Waals surface area contributed by atoms with Crippen LogP contribution in [0.1, 0.15) is 50.0 Å². The van der Waals surface area contributed by atoms with Crippen LogP contribution in [0.4, 0.5) is 19.0 Å². The first-order valence-electron chi connectivity index (χ1n) is 11.0. The first-order valence-corrected chi connectivity index (χ1v) is 12.6. The molecule has 2 heterocycles. The zero-order chi connectivity index (χ0) is 24.4. The minimum atomic E-state index is -3.73. The summed E-state index contributed by atoms with van der Waals surface area (Å²) < 4.78 is 68.9. The van der Waals surface area contributed by atoms with Gasteiger partial charge in [0, 0.05) is 17.8 Å². The van der Waals surface area contributed by atoms with Crippen LogP contribution in [-0.4, -0.2) is 34.6 Å². The van der Waals surface area contributed by atoms with Crippen LogP contribution in [0, 0.1) is 12.7 Å². The summed E-state index contributed by atoms with van der Waals surface area (Å²) in [6.45, 7) is 3.26. The number of alkyl halides is 2. The molecule has 0 amide bonds. The molecule has 1 N–H and O–H groups in total. The molecule has 11 heteroatoms. The van der Waals surface area contributed by atoms with E-state index in [-0.39, 0.29) is 34.6 Å². The van der Waals surface area contributed by atoms with Crippen LogP contribution in [0.25, 0.3) is 10.9 Å². The van der Waals surface area contributed by atoms with Crippen LogP contribution in [-0.2, 0) is 15.4 Å². The Kier molecular flexibility index (Phi) is 5.23. The number of rotatable bonds is 7. The number of benzene rings is 1. The number of halogens is 3. The summed E-state index contributed by atoms with van der Waals surface area (Å²) in [5.41, 5.74) is -1.70. The van der Waals surface area contributed by atoms with E-state index in [9.17, 15) is 22.0 Å². The van der Waals surface area contributed by atoms with Crippen molar-refractivity contribution >= 4 is 26.6 Å². The van der Waals surface area contributed by atoms with Crippen molar-refractivity contribution in [2.45, 2.75) is 67.7 Å². The third kappa shape index (κ3) is 3.66. The molecular formula is C23H23F3N4O3S.